The molecule has 4 rings (SSSR count). The van der Waals surface area contributed by atoms with E-state index in [1.807, 2.05) is 6.07 Å². The standard InChI is InChI=1S/C23H17ClN2O4/c24-17-8-11-21-19(12-17)20(13-22(27)16-4-2-1-3-5-16)23(28)25(21)14-15-6-9-18(10-7-15)26(29)30/h1-12,20H,13-14H2. The van der Waals surface area contributed by atoms with Crippen LogP contribution >= 0.6 is 11.6 Å². The van der Waals surface area contributed by atoms with Crippen molar-refractivity contribution in [3.63, 3.8) is 0 Å². The van der Waals surface area contributed by atoms with Gasteiger partial charge in [-0.2, -0.15) is 0 Å². The van der Waals surface area contributed by atoms with E-state index in [2.05, 4.69) is 0 Å². The number of nitro groups is 1. The zero-order chi connectivity index (χ0) is 21.3. The summed E-state index contributed by atoms with van der Waals surface area (Å²) in [7, 11) is 0. The SMILES string of the molecule is O=C(CC1C(=O)N(Cc2ccc([N+](=O)[O-])cc2)c2ccc(Cl)cc21)c1ccccc1. The van der Waals surface area contributed by atoms with Crippen LogP contribution in [0.3, 0.4) is 0 Å². The van der Waals surface area contributed by atoms with Crippen molar-refractivity contribution in [3.05, 3.63) is 105 Å². The summed E-state index contributed by atoms with van der Waals surface area (Å²) < 4.78 is 0. The number of carbonyl (C=O) groups is 2. The predicted octanol–water partition coefficient (Wildman–Crippen LogP) is 5.15. The third-order valence-electron chi connectivity index (χ3n) is 5.19. The fourth-order valence-electron chi connectivity index (χ4n) is 3.68. The molecule has 6 nitrogen and oxygen atoms in total. The molecule has 0 spiro atoms. The molecule has 1 unspecified atom stereocenters. The summed E-state index contributed by atoms with van der Waals surface area (Å²) in [6.07, 6.45) is 0.0486. The summed E-state index contributed by atoms with van der Waals surface area (Å²) in [5.41, 5.74) is 2.73. The third-order valence-corrected chi connectivity index (χ3v) is 5.43. The van der Waals surface area contributed by atoms with Crippen LogP contribution in [-0.2, 0) is 11.3 Å². The minimum atomic E-state index is -0.621. The molecule has 0 fully saturated rings. The molecule has 0 aromatic heterocycles. The molecule has 0 aliphatic carbocycles. The van der Waals surface area contributed by atoms with E-state index < -0.39 is 10.8 Å². The smallest absolute Gasteiger partial charge is 0.269 e. The summed E-state index contributed by atoms with van der Waals surface area (Å²) in [6.45, 7) is 0.251. The van der Waals surface area contributed by atoms with Gasteiger partial charge in [-0.1, -0.05) is 54.1 Å². The molecule has 3 aromatic carbocycles. The topological polar surface area (TPSA) is 80.5 Å². The number of hydrogen-bond donors (Lipinski definition) is 0. The number of anilines is 1. The van der Waals surface area contributed by atoms with Crippen molar-refractivity contribution in [2.24, 2.45) is 0 Å². The highest BCUT2D eigenvalue weighted by atomic mass is 35.5. The Morgan fingerprint density at radius 2 is 1.73 bits per heavy atom. The van der Waals surface area contributed by atoms with E-state index in [0.717, 1.165) is 11.1 Å². The number of amides is 1. The molecule has 1 aliphatic heterocycles. The van der Waals surface area contributed by atoms with Gasteiger partial charge < -0.3 is 4.90 Å². The van der Waals surface area contributed by atoms with Gasteiger partial charge in [0.1, 0.15) is 0 Å². The molecule has 1 heterocycles. The number of fused-ring (bicyclic) bond motifs is 1. The highest BCUT2D eigenvalue weighted by Crippen LogP contribution is 2.42. The van der Waals surface area contributed by atoms with Crippen LogP contribution in [0.4, 0.5) is 11.4 Å². The van der Waals surface area contributed by atoms with E-state index in [0.29, 0.717) is 16.3 Å². The molecule has 0 N–H and O–H groups in total. The molecule has 0 saturated heterocycles. The normalized spacial score (nSPS) is 15.2. The lowest BCUT2D eigenvalue weighted by molar-refractivity contribution is -0.384. The largest absolute Gasteiger partial charge is 0.307 e. The maximum Gasteiger partial charge on any atom is 0.269 e. The van der Waals surface area contributed by atoms with Crippen molar-refractivity contribution < 1.29 is 14.5 Å². The number of benzene rings is 3. The van der Waals surface area contributed by atoms with E-state index in [4.69, 9.17) is 11.6 Å². The summed E-state index contributed by atoms with van der Waals surface area (Å²) in [5.74, 6) is -0.920. The number of Topliss-reactive ketones (excluding diaryl/α,β-unsaturated/α-hetero) is 1. The van der Waals surface area contributed by atoms with Gasteiger partial charge in [-0.05, 0) is 29.3 Å². The Morgan fingerprint density at radius 1 is 1.03 bits per heavy atom. The van der Waals surface area contributed by atoms with Gasteiger partial charge in [0.05, 0.1) is 17.4 Å². The van der Waals surface area contributed by atoms with Gasteiger partial charge in [-0.3, -0.25) is 19.7 Å². The fraction of sp³-hybridized carbons (Fsp3) is 0.130. The molecule has 1 amide bonds. The fourth-order valence-corrected chi connectivity index (χ4v) is 3.86. The van der Waals surface area contributed by atoms with Crippen molar-refractivity contribution in [1.82, 2.24) is 0 Å². The first kappa shape index (κ1) is 19.8. The second kappa shape index (κ2) is 8.08. The van der Waals surface area contributed by atoms with Crippen LogP contribution in [0.25, 0.3) is 0 Å². The molecule has 3 aromatic rings. The van der Waals surface area contributed by atoms with Crippen LogP contribution in [0.2, 0.25) is 5.02 Å². The van der Waals surface area contributed by atoms with Gasteiger partial charge in [0.15, 0.2) is 5.78 Å². The van der Waals surface area contributed by atoms with Crippen LogP contribution in [0.1, 0.15) is 33.8 Å². The first-order valence-corrected chi connectivity index (χ1v) is 9.74. The molecule has 1 aliphatic rings. The van der Waals surface area contributed by atoms with Crippen LogP contribution in [0, 0.1) is 10.1 Å². The summed E-state index contributed by atoms with van der Waals surface area (Å²) >= 11 is 6.17. The second-order valence-corrected chi connectivity index (χ2v) is 7.53. The minimum Gasteiger partial charge on any atom is -0.307 e. The number of hydrogen-bond acceptors (Lipinski definition) is 4. The second-order valence-electron chi connectivity index (χ2n) is 7.10. The zero-order valence-electron chi connectivity index (χ0n) is 15.8. The molecular weight excluding hydrogens is 404 g/mol. The van der Waals surface area contributed by atoms with Crippen LogP contribution in [0.5, 0.6) is 0 Å². The highest BCUT2D eigenvalue weighted by Gasteiger charge is 2.38. The Kier molecular flexibility index (Phi) is 5.33. The molecule has 1 atom stereocenters. The van der Waals surface area contributed by atoms with Gasteiger partial charge in [0.25, 0.3) is 5.69 Å². The summed E-state index contributed by atoms with van der Waals surface area (Å²) in [6, 6.07) is 20.2. The molecule has 150 valence electrons. The summed E-state index contributed by atoms with van der Waals surface area (Å²) in [5, 5.41) is 11.4. The van der Waals surface area contributed by atoms with E-state index in [9.17, 15) is 19.7 Å². The maximum absolute atomic E-state index is 13.2. The Bertz CT molecular complexity index is 1130. The Balaban J connectivity index is 1.62. The number of halogens is 1. The molecule has 0 bridgehead atoms. The zero-order valence-corrected chi connectivity index (χ0v) is 16.6. The van der Waals surface area contributed by atoms with Crippen LogP contribution < -0.4 is 4.90 Å². The van der Waals surface area contributed by atoms with E-state index in [1.54, 1.807) is 59.5 Å². The Hall–Kier alpha value is -3.51. The van der Waals surface area contributed by atoms with Crippen molar-refractivity contribution in [1.29, 1.82) is 0 Å². The van der Waals surface area contributed by atoms with E-state index in [1.165, 1.54) is 12.1 Å². The first-order chi connectivity index (χ1) is 14.4. The van der Waals surface area contributed by atoms with Crippen molar-refractivity contribution >= 4 is 34.7 Å². The molecule has 30 heavy (non-hydrogen) atoms. The number of nitrogens with zero attached hydrogens (tertiary/aromatic N) is 2. The Morgan fingerprint density at radius 3 is 2.40 bits per heavy atom. The monoisotopic (exact) mass is 420 g/mol. The summed E-state index contributed by atoms with van der Waals surface area (Å²) in [4.78, 5) is 38.0. The molecule has 7 heteroatoms. The van der Waals surface area contributed by atoms with Gasteiger partial charge >= 0.3 is 0 Å². The highest BCUT2D eigenvalue weighted by molar-refractivity contribution is 6.31. The quantitative estimate of drug-likeness (QED) is 0.313. The lowest BCUT2D eigenvalue weighted by atomic mass is 9.93. The number of carbonyl (C=O) groups excluding carboxylic acids is 2. The van der Waals surface area contributed by atoms with Crippen molar-refractivity contribution in [3.8, 4) is 0 Å². The van der Waals surface area contributed by atoms with Crippen LogP contribution in [-0.4, -0.2) is 16.6 Å². The molecule has 0 radical (unpaired) electrons. The lowest BCUT2D eigenvalue weighted by Crippen LogP contribution is -2.29. The average Bonchev–Trinajstić information content (AvgIpc) is 3.00. The van der Waals surface area contributed by atoms with Gasteiger partial charge in [0, 0.05) is 34.8 Å². The van der Waals surface area contributed by atoms with Crippen LogP contribution in [0.15, 0.2) is 72.8 Å². The van der Waals surface area contributed by atoms with E-state index in [-0.39, 0.29) is 30.3 Å². The first-order valence-electron chi connectivity index (χ1n) is 9.36. The number of non-ortho nitro benzene ring substituents is 1. The molecular formula is C23H17ClN2O4. The minimum absolute atomic E-state index is 0.00925. The maximum atomic E-state index is 13.2. The Labute approximate surface area is 177 Å². The predicted molar refractivity (Wildman–Crippen MR) is 114 cm³/mol. The average molecular weight is 421 g/mol. The molecule has 0 saturated carbocycles. The van der Waals surface area contributed by atoms with Gasteiger partial charge in [0.2, 0.25) is 5.91 Å². The van der Waals surface area contributed by atoms with E-state index >= 15 is 0 Å². The number of ketones is 1. The third kappa shape index (κ3) is 3.82. The van der Waals surface area contributed by atoms with Gasteiger partial charge in [-0.15, -0.1) is 0 Å². The van der Waals surface area contributed by atoms with Crippen molar-refractivity contribution in [2.45, 2.75) is 18.9 Å². The van der Waals surface area contributed by atoms with Gasteiger partial charge in [-0.25, -0.2) is 0 Å². The number of nitro benzene ring substituents is 1. The lowest BCUT2D eigenvalue weighted by Gasteiger charge is -2.18. The van der Waals surface area contributed by atoms with Crippen molar-refractivity contribution in [2.75, 3.05) is 4.90 Å². The number of rotatable bonds is 6.